The summed E-state index contributed by atoms with van der Waals surface area (Å²) in [5, 5.41) is 2.87. The van der Waals surface area contributed by atoms with Gasteiger partial charge in [-0.25, -0.2) is 8.42 Å². The summed E-state index contributed by atoms with van der Waals surface area (Å²) in [4.78, 5) is 12.4. The van der Waals surface area contributed by atoms with Crippen LogP contribution in [0.15, 0.2) is 32.5 Å². The molecule has 1 fully saturated rings. The van der Waals surface area contributed by atoms with Gasteiger partial charge in [-0.3, -0.25) is 4.79 Å². The molecule has 0 radical (unpaired) electrons. The molecule has 6 heteroatoms. The van der Waals surface area contributed by atoms with Gasteiger partial charge >= 0.3 is 0 Å². The fraction of sp³-hybridized carbons (Fsp3) is 0.400. The van der Waals surface area contributed by atoms with Crippen molar-refractivity contribution in [2.45, 2.75) is 43.0 Å². The molecule has 112 valence electrons. The maximum Gasteiger partial charge on any atom is 0.263 e. The Morgan fingerprint density at radius 3 is 2.62 bits per heavy atom. The van der Waals surface area contributed by atoms with Gasteiger partial charge in [-0.15, -0.1) is 0 Å². The van der Waals surface area contributed by atoms with Crippen LogP contribution in [0.4, 0.5) is 0 Å². The highest BCUT2D eigenvalue weighted by molar-refractivity contribution is 9.10. The Balaban J connectivity index is 1.86. The summed E-state index contributed by atoms with van der Waals surface area (Å²) in [6, 6.07) is 5.02. The third-order valence-electron chi connectivity index (χ3n) is 4.00. The van der Waals surface area contributed by atoms with Gasteiger partial charge in [0.2, 0.25) is 9.84 Å². The van der Waals surface area contributed by atoms with Crippen LogP contribution in [-0.4, -0.2) is 20.4 Å². The monoisotopic (exact) mass is 369 g/mol. The molecule has 0 atom stereocenters. The van der Waals surface area contributed by atoms with Crippen LogP contribution in [0, 0.1) is 0 Å². The van der Waals surface area contributed by atoms with Gasteiger partial charge in [0.1, 0.15) is 4.91 Å². The zero-order valence-corrected chi connectivity index (χ0v) is 13.8. The maximum absolute atomic E-state index is 12.4. The van der Waals surface area contributed by atoms with Crippen LogP contribution in [0.3, 0.4) is 0 Å². The third kappa shape index (κ3) is 2.79. The van der Waals surface area contributed by atoms with Crippen LogP contribution < -0.4 is 5.32 Å². The molecule has 0 bridgehead atoms. The maximum atomic E-state index is 12.4. The van der Waals surface area contributed by atoms with Crippen molar-refractivity contribution < 1.29 is 13.2 Å². The minimum Gasteiger partial charge on any atom is -0.349 e. The minimum atomic E-state index is -3.68. The van der Waals surface area contributed by atoms with Gasteiger partial charge < -0.3 is 5.32 Å². The van der Waals surface area contributed by atoms with Gasteiger partial charge in [-0.1, -0.05) is 35.2 Å². The first-order chi connectivity index (χ1) is 9.98. The Bertz CT molecular complexity index is 718. The molecule has 1 saturated carbocycles. The number of benzene rings is 1. The van der Waals surface area contributed by atoms with Crippen molar-refractivity contribution in [2.24, 2.45) is 0 Å². The van der Waals surface area contributed by atoms with E-state index < -0.39 is 15.7 Å². The Kier molecular flexibility index (Phi) is 3.92. The van der Waals surface area contributed by atoms with Crippen LogP contribution >= 0.6 is 15.9 Å². The molecule has 1 aliphatic heterocycles. The van der Waals surface area contributed by atoms with Crippen molar-refractivity contribution in [1.82, 2.24) is 5.32 Å². The highest BCUT2D eigenvalue weighted by atomic mass is 79.9. The van der Waals surface area contributed by atoms with Gasteiger partial charge in [0.15, 0.2) is 0 Å². The van der Waals surface area contributed by atoms with Crippen LogP contribution in [0.2, 0.25) is 0 Å². The van der Waals surface area contributed by atoms with Crippen LogP contribution in [0.25, 0.3) is 6.08 Å². The molecule has 0 aromatic heterocycles. The molecule has 1 heterocycles. The standard InChI is InChI=1S/C15H16BrNO3S/c16-11-6-7-13-10(8-11)9-14(21(13,19)20)15(18)17-12-4-2-1-3-5-12/h6-9,12H,1-5H2,(H,17,18). The van der Waals surface area contributed by atoms with Gasteiger partial charge in [-0.05, 0) is 42.7 Å². The predicted octanol–water partition coefficient (Wildman–Crippen LogP) is 3.03. The number of carbonyl (C=O) groups is 1. The van der Waals surface area contributed by atoms with E-state index >= 15 is 0 Å². The molecule has 0 unspecified atom stereocenters. The normalized spacial score (nSPS) is 20.7. The van der Waals surface area contributed by atoms with E-state index in [9.17, 15) is 13.2 Å². The number of carbonyl (C=O) groups excluding carboxylic acids is 1. The van der Waals surface area contributed by atoms with Gasteiger partial charge in [0.05, 0.1) is 4.90 Å². The number of amides is 1. The first-order valence-corrected chi connectivity index (χ1v) is 9.33. The fourth-order valence-electron chi connectivity index (χ4n) is 2.91. The van der Waals surface area contributed by atoms with Gasteiger partial charge in [0, 0.05) is 10.5 Å². The van der Waals surface area contributed by atoms with E-state index in [2.05, 4.69) is 21.2 Å². The van der Waals surface area contributed by atoms with Crippen molar-refractivity contribution in [3.05, 3.63) is 33.1 Å². The average Bonchev–Trinajstić information content (AvgIpc) is 2.71. The first-order valence-electron chi connectivity index (χ1n) is 7.06. The summed E-state index contributed by atoms with van der Waals surface area (Å²) >= 11 is 3.31. The number of sulfone groups is 1. The number of hydrogen-bond acceptors (Lipinski definition) is 3. The summed E-state index contributed by atoms with van der Waals surface area (Å²) in [6.45, 7) is 0. The van der Waals surface area contributed by atoms with E-state index in [1.165, 1.54) is 18.6 Å². The number of nitrogens with one attached hydrogen (secondary N) is 1. The highest BCUT2D eigenvalue weighted by Gasteiger charge is 2.35. The topological polar surface area (TPSA) is 63.2 Å². The summed E-state index contributed by atoms with van der Waals surface area (Å²) < 4.78 is 25.7. The SMILES string of the molecule is O=C(NC1CCCCC1)C1=Cc2cc(Br)ccc2S1(=O)=O. The predicted molar refractivity (Wildman–Crippen MR) is 84.3 cm³/mol. The van der Waals surface area contributed by atoms with E-state index in [4.69, 9.17) is 0 Å². The number of halogens is 1. The summed E-state index contributed by atoms with van der Waals surface area (Å²) in [7, 11) is -3.68. The summed E-state index contributed by atoms with van der Waals surface area (Å²) in [5.74, 6) is -0.478. The van der Waals surface area contributed by atoms with E-state index in [1.807, 2.05) is 0 Å². The quantitative estimate of drug-likeness (QED) is 0.871. The molecule has 1 aromatic rings. The number of hydrogen-bond donors (Lipinski definition) is 1. The second-order valence-electron chi connectivity index (χ2n) is 5.50. The van der Waals surface area contributed by atoms with Crippen molar-refractivity contribution in [3.8, 4) is 0 Å². The molecular weight excluding hydrogens is 354 g/mol. The molecule has 1 N–H and O–H groups in total. The van der Waals surface area contributed by atoms with E-state index in [-0.39, 0.29) is 15.8 Å². The zero-order chi connectivity index (χ0) is 15.0. The minimum absolute atomic E-state index is 0.0952. The fourth-order valence-corrected chi connectivity index (χ4v) is 4.78. The van der Waals surface area contributed by atoms with E-state index in [0.29, 0.717) is 5.56 Å². The Hall–Kier alpha value is -1.14. The molecule has 21 heavy (non-hydrogen) atoms. The molecule has 4 nitrogen and oxygen atoms in total. The van der Waals surface area contributed by atoms with Crippen molar-refractivity contribution >= 4 is 37.8 Å². The Morgan fingerprint density at radius 2 is 1.90 bits per heavy atom. The lowest BCUT2D eigenvalue weighted by molar-refractivity contribution is -0.117. The highest BCUT2D eigenvalue weighted by Crippen LogP contribution is 2.34. The zero-order valence-electron chi connectivity index (χ0n) is 11.4. The van der Waals surface area contributed by atoms with E-state index in [1.54, 1.807) is 12.1 Å². The van der Waals surface area contributed by atoms with E-state index in [0.717, 1.165) is 30.2 Å². The smallest absolute Gasteiger partial charge is 0.263 e. The Labute approximate surface area is 132 Å². The van der Waals surface area contributed by atoms with Crippen molar-refractivity contribution in [1.29, 1.82) is 0 Å². The molecule has 3 rings (SSSR count). The van der Waals surface area contributed by atoms with Gasteiger partial charge in [-0.2, -0.15) is 0 Å². The molecule has 1 aliphatic carbocycles. The second kappa shape index (κ2) is 5.57. The van der Waals surface area contributed by atoms with Crippen LogP contribution in [-0.2, 0) is 14.6 Å². The van der Waals surface area contributed by atoms with Crippen LogP contribution in [0.5, 0.6) is 0 Å². The first kappa shape index (κ1) is 14.8. The molecule has 1 amide bonds. The van der Waals surface area contributed by atoms with Crippen molar-refractivity contribution in [3.63, 3.8) is 0 Å². The molecule has 0 saturated heterocycles. The molecule has 2 aliphatic rings. The lowest BCUT2D eigenvalue weighted by Gasteiger charge is -2.22. The average molecular weight is 370 g/mol. The second-order valence-corrected chi connectivity index (χ2v) is 8.30. The van der Waals surface area contributed by atoms with Crippen LogP contribution in [0.1, 0.15) is 37.7 Å². The molecular formula is C15H16BrNO3S. The van der Waals surface area contributed by atoms with Crippen molar-refractivity contribution in [2.75, 3.05) is 0 Å². The summed E-state index contributed by atoms with van der Waals surface area (Å²) in [6.07, 6.45) is 6.68. The Morgan fingerprint density at radius 1 is 1.19 bits per heavy atom. The molecule has 1 aromatic carbocycles. The lowest BCUT2D eigenvalue weighted by Crippen LogP contribution is -2.37. The summed E-state index contributed by atoms with van der Waals surface area (Å²) in [5.41, 5.74) is 0.568. The van der Waals surface area contributed by atoms with Gasteiger partial charge in [0.25, 0.3) is 5.91 Å². The largest absolute Gasteiger partial charge is 0.349 e. The lowest BCUT2D eigenvalue weighted by atomic mass is 9.95. The number of fused-ring (bicyclic) bond motifs is 1. The third-order valence-corrected chi connectivity index (χ3v) is 6.33. The number of rotatable bonds is 2. The molecule has 0 spiro atoms.